The third-order valence-electron chi connectivity index (χ3n) is 2.80. The summed E-state index contributed by atoms with van der Waals surface area (Å²) < 4.78 is 5.39. The fourth-order valence-corrected chi connectivity index (χ4v) is 1.79. The van der Waals surface area contributed by atoms with Gasteiger partial charge < -0.3 is 15.2 Å². The van der Waals surface area contributed by atoms with E-state index in [4.69, 9.17) is 9.84 Å². The van der Waals surface area contributed by atoms with Gasteiger partial charge in [0, 0.05) is 5.56 Å². The van der Waals surface area contributed by atoms with Crippen LogP contribution in [0, 0.1) is 0 Å². The molecule has 110 valence electrons. The van der Waals surface area contributed by atoms with Crippen molar-refractivity contribution in [1.82, 2.24) is 5.32 Å². The molecule has 0 bridgehead atoms. The van der Waals surface area contributed by atoms with Crippen molar-refractivity contribution in [2.45, 2.75) is 0 Å². The summed E-state index contributed by atoms with van der Waals surface area (Å²) >= 11 is 0. The summed E-state index contributed by atoms with van der Waals surface area (Å²) in [5, 5.41) is 11.7. The fourth-order valence-electron chi connectivity index (χ4n) is 1.79. The van der Waals surface area contributed by atoms with E-state index in [1.54, 1.807) is 42.5 Å². The van der Waals surface area contributed by atoms with Crippen molar-refractivity contribution in [3.63, 3.8) is 0 Å². The van der Waals surface area contributed by atoms with Gasteiger partial charge in [0.05, 0.1) is 6.54 Å². The van der Waals surface area contributed by atoms with E-state index in [0.717, 1.165) is 0 Å². The first-order valence-corrected chi connectivity index (χ1v) is 6.47. The number of benzene rings is 2. The number of ether oxygens (including phenoxy) is 1. The van der Waals surface area contributed by atoms with Crippen LogP contribution >= 0.6 is 0 Å². The molecule has 0 fully saturated rings. The van der Waals surface area contributed by atoms with E-state index in [9.17, 15) is 9.59 Å². The molecule has 0 aliphatic rings. The van der Waals surface area contributed by atoms with E-state index in [-0.39, 0.29) is 47.6 Å². The molecule has 6 heteroatoms. The molecular weight excluding hydrogens is 293 g/mol. The average Bonchev–Trinajstić information content (AvgIpc) is 2.52. The Kier molecular flexibility index (Phi) is 7.66. The predicted octanol–water partition coefficient (Wildman–Crippen LogP) is 1.55. The van der Waals surface area contributed by atoms with Gasteiger partial charge in [0.15, 0.2) is 0 Å². The van der Waals surface area contributed by atoms with Crippen molar-refractivity contribution < 1.29 is 19.4 Å². The molecule has 0 heterocycles. The molecule has 0 radical (unpaired) electrons. The zero-order valence-electron chi connectivity index (χ0n) is 11.3. The molecule has 0 saturated heterocycles. The first-order valence-electron chi connectivity index (χ1n) is 6.47. The van der Waals surface area contributed by atoms with Crippen LogP contribution in [0.2, 0.25) is 0 Å². The molecule has 5 nitrogen and oxygen atoms in total. The van der Waals surface area contributed by atoms with Crippen molar-refractivity contribution in [2.24, 2.45) is 0 Å². The topological polar surface area (TPSA) is 75.6 Å². The van der Waals surface area contributed by atoms with E-state index in [1.807, 2.05) is 6.07 Å². The molecule has 2 N–H and O–H groups in total. The fraction of sp³-hybridized carbons (Fsp3) is 0.125. The summed E-state index contributed by atoms with van der Waals surface area (Å²) in [5.41, 5.74) is 0.676. The quantitative estimate of drug-likeness (QED) is 0.627. The number of hydrogen-bond acceptors (Lipinski definition) is 3. The molecule has 0 saturated carbocycles. The Morgan fingerprint density at radius 1 is 1.00 bits per heavy atom. The molecule has 0 atom stereocenters. The number of carbonyl (C=O) groups is 2. The monoisotopic (exact) mass is 309 g/mol. The van der Waals surface area contributed by atoms with Crippen molar-refractivity contribution in [3.8, 4) is 5.75 Å². The summed E-state index contributed by atoms with van der Waals surface area (Å²) in [6.07, 6.45) is 0. The minimum atomic E-state index is -1.04. The SMILES string of the molecule is O=C(NCCOc1ccccc1C(=O)O)c1ccccc1.[NaH]. The van der Waals surface area contributed by atoms with Gasteiger partial charge in [0.2, 0.25) is 0 Å². The first-order chi connectivity index (χ1) is 10.2. The van der Waals surface area contributed by atoms with Gasteiger partial charge >= 0.3 is 35.5 Å². The van der Waals surface area contributed by atoms with E-state index < -0.39 is 5.97 Å². The van der Waals surface area contributed by atoms with Gasteiger partial charge in [-0.15, -0.1) is 0 Å². The molecule has 0 spiro atoms. The molecule has 0 aliphatic carbocycles. The summed E-state index contributed by atoms with van der Waals surface area (Å²) in [7, 11) is 0. The Bertz CT molecular complexity index is 631. The van der Waals surface area contributed by atoms with E-state index in [2.05, 4.69) is 5.32 Å². The summed E-state index contributed by atoms with van der Waals surface area (Å²) in [5.74, 6) is -0.941. The van der Waals surface area contributed by atoms with Gasteiger partial charge in [0.1, 0.15) is 17.9 Å². The molecular formula is C16H16NNaO4. The molecule has 2 rings (SSSR count). The first kappa shape index (κ1) is 18.2. The zero-order chi connectivity index (χ0) is 15.1. The predicted molar refractivity (Wildman–Crippen MR) is 84.8 cm³/mol. The Labute approximate surface area is 150 Å². The Balaban J connectivity index is 0.00000242. The second kappa shape index (κ2) is 9.25. The number of aromatic carboxylic acids is 1. The van der Waals surface area contributed by atoms with Crippen LogP contribution in [0.25, 0.3) is 0 Å². The Morgan fingerprint density at radius 2 is 1.64 bits per heavy atom. The van der Waals surface area contributed by atoms with Crippen LogP contribution in [0.15, 0.2) is 54.6 Å². The number of rotatable bonds is 6. The summed E-state index contributed by atoms with van der Waals surface area (Å²) in [4.78, 5) is 22.8. The number of amides is 1. The van der Waals surface area contributed by atoms with Crippen LogP contribution in [-0.2, 0) is 0 Å². The Morgan fingerprint density at radius 3 is 2.32 bits per heavy atom. The van der Waals surface area contributed by atoms with Gasteiger partial charge in [-0.2, -0.15) is 0 Å². The Hall–Kier alpha value is -1.82. The van der Waals surface area contributed by atoms with Crippen LogP contribution in [0.3, 0.4) is 0 Å². The average molecular weight is 309 g/mol. The van der Waals surface area contributed by atoms with Crippen LogP contribution in [0.4, 0.5) is 0 Å². The van der Waals surface area contributed by atoms with E-state index >= 15 is 0 Å². The normalized spacial score (nSPS) is 9.45. The molecule has 0 unspecified atom stereocenters. The molecule has 0 aliphatic heterocycles. The van der Waals surface area contributed by atoms with Crippen molar-refractivity contribution in [1.29, 1.82) is 0 Å². The molecule has 1 amide bonds. The zero-order valence-corrected chi connectivity index (χ0v) is 11.3. The van der Waals surface area contributed by atoms with E-state index in [0.29, 0.717) is 17.9 Å². The molecule has 2 aromatic carbocycles. The number of carbonyl (C=O) groups excluding carboxylic acids is 1. The van der Waals surface area contributed by atoms with Crippen LogP contribution in [0.1, 0.15) is 20.7 Å². The molecule has 22 heavy (non-hydrogen) atoms. The van der Waals surface area contributed by atoms with Crippen LogP contribution in [0.5, 0.6) is 5.75 Å². The van der Waals surface area contributed by atoms with Gasteiger partial charge in [-0.3, -0.25) is 4.79 Å². The van der Waals surface area contributed by atoms with Gasteiger partial charge in [0.25, 0.3) is 5.91 Å². The summed E-state index contributed by atoms with van der Waals surface area (Å²) in [6.45, 7) is 0.491. The minimum absolute atomic E-state index is 0. The molecule has 2 aromatic rings. The molecule has 0 aromatic heterocycles. The van der Waals surface area contributed by atoms with Crippen molar-refractivity contribution >= 4 is 41.4 Å². The second-order valence-electron chi connectivity index (χ2n) is 4.27. The van der Waals surface area contributed by atoms with Gasteiger partial charge in [-0.05, 0) is 24.3 Å². The van der Waals surface area contributed by atoms with Crippen LogP contribution < -0.4 is 10.1 Å². The number of hydrogen-bond donors (Lipinski definition) is 2. The van der Waals surface area contributed by atoms with Crippen molar-refractivity contribution in [2.75, 3.05) is 13.2 Å². The maximum atomic E-state index is 11.8. The maximum absolute atomic E-state index is 11.8. The number of para-hydroxylation sites is 1. The second-order valence-corrected chi connectivity index (χ2v) is 4.27. The van der Waals surface area contributed by atoms with E-state index in [1.165, 1.54) is 6.07 Å². The summed E-state index contributed by atoms with van der Waals surface area (Å²) in [6, 6.07) is 15.2. The van der Waals surface area contributed by atoms with Crippen molar-refractivity contribution in [3.05, 3.63) is 65.7 Å². The van der Waals surface area contributed by atoms with Gasteiger partial charge in [-0.25, -0.2) is 4.79 Å². The van der Waals surface area contributed by atoms with Gasteiger partial charge in [-0.1, -0.05) is 30.3 Å². The van der Waals surface area contributed by atoms with Crippen LogP contribution in [-0.4, -0.2) is 59.7 Å². The number of carboxylic acids is 1. The standard InChI is InChI=1S/C16H15NO4.Na.H/c18-15(12-6-2-1-3-7-12)17-10-11-21-14-9-5-4-8-13(14)16(19)20;;/h1-9H,10-11H2,(H,17,18)(H,19,20);;. The number of carboxylic acid groups (broad SMARTS) is 1. The number of nitrogens with one attached hydrogen (secondary N) is 1. The third kappa shape index (κ3) is 5.18. The third-order valence-corrected chi connectivity index (χ3v) is 2.80.